The molecule has 1 fully saturated rings. The lowest BCUT2D eigenvalue weighted by molar-refractivity contribution is -0.0318. The van der Waals surface area contributed by atoms with Gasteiger partial charge in [0.25, 0.3) is 0 Å². The summed E-state index contributed by atoms with van der Waals surface area (Å²) in [6, 6.07) is 0.0770. The van der Waals surface area contributed by atoms with Gasteiger partial charge in [0, 0.05) is 36.6 Å². The highest BCUT2D eigenvalue weighted by Gasteiger charge is 2.24. The number of likely N-dealkylation sites (N-methyl/N-ethyl adjacent to an activating group) is 1. The summed E-state index contributed by atoms with van der Waals surface area (Å²) in [4.78, 5) is 7.55. The molecule has 1 saturated heterocycles. The van der Waals surface area contributed by atoms with Crippen LogP contribution in [-0.2, 0) is 11.2 Å². The van der Waals surface area contributed by atoms with E-state index in [0.717, 1.165) is 26.1 Å². The number of thiazole rings is 1. The van der Waals surface area contributed by atoms with Crippen LogP contribution in [0.25, 0.3) is 0 Å². The first-order chi connectivity index (χ1) is 7.25. The van der Waals surface area contributed by atoms with E-state index in [1.54, 1.807) is 11.3 Å². The van der Waals surface area contributed by atoms with Crippen LogP contribution in [-0.4, -0.2) is 48.8 Å². The summed E-state index contributed by atoms with van der Waals surface area (Å²) in [6.45, 7) is 2.72. The van der Waals surface area contributed by atoms with Gasteiger partial charge < -0.3 is 15.4 Å². The van der Waals surface area contributed by atoms with Crippen LogP contribution in [0.1, 0.15) is 4.88 Å². The molecule has 0 spiro atoms. The van der Waals surface area contributed by atoms with E-state index in [0.29, 0.717) is 0 Å². The second-order valence-electron chi connectivity index (χ2n) is 4.01. The first-order valence-corrected chi connectivity index (χ1v) is 6.07. The monoisotopic (exact) mass is 227 g/mol. The third-order valence-electron chi connectivity index (χ3n) is 2.69. The Kier molecular flexibility index (Phi) is 3.69. The van der Waals surface area contributed by atoms with Crippen molar-refractivity contribution in [2.75, 3.05) is 26.7 Å². The number of ether oxygens (including phenoxy) is 1. The fourth-order valence-electron chi connectivity index (χ4n) is 1.78. The molecular weight excluding hydrogens is 210 g/mol. The summed E-state index contributed by atoms with van der Waals surface area (Å²) >= 11 is 1.66. The highest BCUT2D eigenvalue weighted by molar-refractivity contribution is 7.09. The van der Waals surface area contributed by atoms with Gasteiger partial charge in [0.05, 0.1) is 18.2 Å². The molecule has 15 heavy (non-hydrogen) atoms. The molecule has 2 rings (SSSR count). The van der Waals surface area contributed by atoms with Crippen molar-refractivity contribution in [1.29, 1.82) is 0 Å². The van der Waals surface area contributed by atoms with Crippen LogP contribution >= 0.6 is 11.3 Å². The molecule has 2 unspecified atom stereocenters. The van der Waals surface area contributed by atoms with E-state index in [9.17, 15) is 0 Å². The van der Waals surface area contributed by atoms with Gasteiger partial charge in [0.15, 0.2) is 0 Å². The summed E-state index contributed by atoms with van der Waals surface area (Å²) in [5.74, 6) is 0. The predicted octanol–water partition coefficient (Wildman–Crippen LogP) is 0.343. The Labute approximate surface area is 94.1 Å². The average molecular weight is 227 g/mol. The fraction of sp³-hybridized carbons (Fsp3) is 0.700. The fourth-order valence-corrected chi connectivity index (χ4v) is 2.44. The smallest absolute Gasteiger partial charge is 0.0856 e. The number of rotatable bonds is 3. The Morgan fingerprint density at radius 2 is 2.67 bits per heavy atom. The molecule has 2 atom stereocenters. The van der Waals surface area contributed by atoms with Gasteiger partial charge in [-0.05, 0) is 7.05 Å². The van der Waals surface area contributed by atoms with Gasteiger partial charge in [-0.15, -0.1) is 11.3 Å². The first-order valence-electron chi connectivity index (χ1n) is 5.19. The van der Waals surface area contributed by atoms with E-state index < -0.39 is 0 Å². The van der Waals surface area contributed by atoms with Gasteiger partial charge in [-0.25, -0.2) is 0 Å². The first kappa shape index (κ1) is 11.0. The van der Waals surface area contributed by atoms with Gasteiger partial charge in [-0.2, -0.15) is 0 Å². The van der Waals surface area contributed by atoms with Crippen LogP contribution < -0.4 is 5.73 Å². The molecule has 2 N–H and O–H groups in total. The summed E-state index contributed by atoms with van der Waals surface area (Å²) in [6.07, 6.45) is 2.91. The quantitative estimate of drug-likeness (QED) is 0.809. The van der Waals surface area contributed by atoms with Crippen LogP contribution in [0.2, 0.25) is 0 Å². The minimum absolute atomic E-state index is 0.0770. The standard InChI is InChI=1S/C10H17N3OS/c1-13-2-3-14-10(6-13)9(11)4-8-5-12-7-15-8/h5,7,9-10H,2-4,6,11H2,1H3. The molecule has 0 bridgehead atoms. The second kappa shape index (κ2) is 5.03. The minimum atomic E-state index is 0.0770. The van der Waals surface area contributed by atoms with Crippen molar-refractivity contribution in [1.82, 2.24) is 9.88 Å². The lowest BCUT2D eigenvalue weighted by Gasteiger charge is -2.33. The van der Waals surface area contributed by atoms with E-state index in [1.165, 1.54) is 4.88 Å². The van der Waals surface area contributed by atoms with Gasteiger partial charge in [-0.1, -0.05) is 0 Å². The molecule has 84 valence electrons. The maximum atomic E-state index is 6.13. The lowest BCUT2D eigenvalue weighted by Crippen LogP contribution is -2.50. The van der Waals surface area contributed by atoms with Crippen LogP contribution in [0.4, 0.5) is 0 Å². The lowest BCUT2D eigenvalue weighted by atomic mass is 10.1. The van der Waals surface area contributed by atoms with E-state index in [1.807, 2.05) is 11.7 Å². The maximum absolute atomic E-state index is 6.13. The average Bonchev–Trinajstić information content (AvgIpc) is 2.70. The summed E-state index contributed by atoms with van der Waals surface area (Å²) in [5.41, 5.74) is 7.97. The topological polar surface area (TPSA) is 51.4 Å². The molecule has 2 heterocycles. The maximum Gasteiger partial charge on any atom is 0.0856 e. The van der Waals surface area contributed by atoms with Gasteiger partial charge in [0.1, 0.15) is 0 Å². The van der Waals surface area contributed by atoms with Crippen molar-refractivity contribution in [3.8, 4) is 0 Å². The molecule has 5 heteroatoms. The van der Waals surface area contributed by atoms with Crippen molar-refractivity contribution in [2.24, 2.45) is 5.73 Å². The summed E-state index contributed by atoms with van der Waals surface area (Å²) < 4.78 is 5.68. The molecule has 0 amide bonds. The Bertz CT molecular complexity index is 291. The van der Waals surface area contributed by atoms with E-state index in [2.05, 4.69) is 16.9 Å². The molecule has 1 aromatic rings. The second-order valence-corrected chi connectivity index (χ2v) is 4.98. The Morgan fingerprint density at radius 3 is 3.33 bits per heavy atom. The molecule has 1 aromatic heterocycles. The highest BCUT2D eigenvalue weighted by atomic mass is 32.1. The Hall–Kier alpha value is -0.490. The zero-order valence-electron chi connectivity index (χ0n) is 8.93. The van der Waals surface area contributed by atoms with E-state index in [-0.39, 0.29) is 12.1 Å². The Morgan fingerprint density at radius 1 is 1.80 bits per heavy atom. The molecule has 0 aromatic carbocycles. The number of nitrogens with two attached hydrogens (primary N) is 1. The van der Waals surface area contributed by atoms with E-state index in [4.69, 9.17) is 10.5 Å². The number of nitrogens with zero attached hydrogens (tertiary/aromatic N) is 2. The minimum Gasteiger partial charge on any atom is -0.374 e. The molecule has 1 aliphatic heterocycles. The van der Waals surface area contributed by atoms with Crippen molar-refractivity contribution in [2.45, 2.75) is 18.6 Å². The molecular formula is C10H17N3OS. The molecule has 0 radical (unpaired) electrons. The van der Waals surface area contributed by atoms with Crippen LogP contribution in [0.15, 0.2) is 11.7 Å². The van der Waals surface area contributed by atoms with Crippen LogP contribution in [0.5, 0.6) is 0 Å². The molecule has 0 saturated carbocycles. The zero-order valence-corrected chi connectivity index (χ0v) is 9.74. The van der Waals surface area contributed by atoms with Crippen LogP contribution in [0.3, 0.4) is 0 Å². The van der Waals surface area contributed by atoms with Gasteiger partial charge in [-0.3, -0.25) is 4.98 Å². The van der Waals surface area contributed by atoms with Crippen molar-refractivity contribution in [3.05, 3.63) is 16.6 Å². The normalized spacial score (nSPS) is 25.3. The van der Waals surface area contributed by atoms with Gasteiger partial charge in [0.2, 0.25) is 0 Å². The molecule has 1 aliphatic rings. The van der Waals surface area contributed by atoms with E-state index >= 15 is 0 Å². The predicted molar refractivity (Wildman–Crippen MR) is 61.0 cm³/mol. The summed E-state index contributed by atoms with van der Waals surface area (Å²) in [7, 11) is 2.11. The van der Waals surface area contributed by atoms with Crippen molar-refractivity contribution < 1.29 is 4.74 Å². The SMILES string of the molecule is CN1CCOC(C(N)Cc2cncs2)C1. The van der Waals surface area contributed by atoms with Crippen molar-refractivity contribution in [3.63, 3.8) is 0 Å². The highest BCUT2D eigenvalue weighted by Crippen LogP contribution is 2.13. The van der Waals surface area contributed by atoms with Crippen molar-refractivity contribution >= 4 is 11.3 Å². The number of hydrogen-bond acceptors (Lipinski definition) is 5. The third kappa shape index (κ3) is 2.98. The molecule has 0 aliphatic carbocycles. The van der Waals surface area contributed by atoms with Crippen LogP contribution in [0, 0.1) is 0 Å². The largest absolute Gasteiger partial charge is 0.374 e. The number of aromatic nitrogens is 1. The number of hydrogen-bond donors (Lipinski definition) is 1. The summed E-state index contributed by atoms with van der Waals surface area (Å²) in [5, 5.41) is 0. The van der Waals surface area contributed by atoms with Gasteiger partial charge >= 0.3 is 0 Å². The Balaban J connectivity index is 1.87. The third-order valence-corrected chi connectivity index (χ3v) is 3.50. The number of morpholine rings is 1. The zero-order chi connectivity index (χ0) is 10.7. The molecule has 4 nitrogen and oxygen atoms in total.